The van der Waals surface area contributed by atoms with Crippen LogP contribution < -0.4 is 9.62 Å². The third kappa shape index (κ3) is 3.70. The van der Waals surface area contributed by atoms with Crippen LogP contribution in [-0.4, -0.2) is 26.0 Å². The third-order valence-corrected chi connectivity index (χ3v) is 6.54. The van der Waals surface area contributed by atoms with Gasteiger partial charge in [-0.25, -0.2) is 12.7 Å². The molecule has 2 amide bonds. The summed E-state index contributed by atoms with van der Waals surface area (Å²) in [6.45, 7) is 5.31. The highest BCUT2D eigenvalue weighted by Crippen LogP contribution is 2.30. The van der Waals surface area contributed by atoms with E-state index in [1.54, 1.807) is 25.1 Å². The number of aryl methyl sites for hydroxylation is 2. The molecule has 2 aromatic carbocycles. The number of carbonyl (C=O) groups is 2. The van der Waals surface area contributed by atoms with E-state index in [0.29, 0.717) is 10.7 Å². The van der Waals surface area contributed by atoms with Crippen molar-refractivity contribution in [3.8, 4) is 0 Å². The van der Waals surface area contributed by atoms with Gasteiger partial charge < -0.3 is 5.32 Å². The smallest absolute Gasteiger partial charge is 0.255 e. The van der Waals surface area contributed by atoms with E-state index in [2.05, 4.69) is 5.32 Å². The highest BCUT2D eigenvalue weighted by atomic mass is 35.5. The molecule has 1 heterocycles. The Kier molecular flexibility index (Phi) is 5.01. The molecule has 142 valence electrons. The second kappa shape index (κ2) is 6.98. The van der Waals surface area contributed by atoms with Crippen molar-refractivity contribution in [2.24, 2.45) is 5.92 Å². The molecule has 0 radical (unpaired) electrons. The summed E-state index contributed by atoms with van der Waals surface area (Å²) in [5, 5.41) is 3.18. The van der Waals surface area contributed by atoms with Crippen LogP contribution in [-0.2, 0) is 14.8 Å². The largest absolute Gasteiger partial charge is 0.320 e. The molecule has 1 aliphatic rings. The summed E-state index contributed by atoms with van der Waals surface area (Å²) in [7, 11) is -3.73. The summed E-state index contributed by atoms with van der Waals surface area (Å²) in [6, 6.07) is 9.62. The minimum Gasteiger partial charge on any atom is -0.320 e. The van der Waals surface area contributed by atoms with Gasteiger partial charge in [0.05, 0.1) is 28.1 Å². The second-order valence-corrected chi connectivity index (χ2v) is 8.99. The zero-order chi connectivity index (χ0) is 19.9. The minimum atomic E-state index is -3.73. The van der Waals surface area contributed by atoms with Crippen LogP contribution in [0.3, 0.4) is 0 Å². The molecule has 0 aromatic heterocycles. The van der Waals surface area contributed by atoms with Crippen LogP contribution in [0.25, 0.3) is 0 Å². The maximum atomic E-state index is 12.7. The lowest BCUT2D eigenvalue weighted by Crippen LogP contribution is -2.30. The van der Waals surface area contributed by atoms with Gasteiger partial charge in [0.2, 0.25) is 15.9 Å². The number of benzene rings is 2. The summed E-state index contributed by atoms with van der Waals surface area (Å²) in [6.07, 6.45) is 0. The molecule has 0 saturated carbocycles. The first kappa shape index (κ1) is 19.4. The average Bonchev–Trinajstić information content (AvgIpc) is 2.78. The molecule has 3 rings (SSSR count). The quantitative estimate of drug-likeness (QED) is 0.845. The fourth-order valence-corrected chi connectivity index (χ4v) is 5.30. The summed E-state index contributed by atoms with van der Waals surface area (Å²) in [4.78, 5) is 24.9. The molecule has 1 saturated heterocycles. The van der Waals surface area contributed by atoms with Crippen LogP contribution in [0.4, 0.5) is 11.4 Å². The van der Waals surface area contributed by atoms with Gasteiger partial charge in [0, 0.05) is 5.56 Å². The molecule has 1 N–H and O–H groups in total. The number of nitrogens with zero attached hydrogens (tertiary/aromatic N) is 1. The molecule has 6 nitrogen and oxygen atoms in total. The van der Waals surface area contributed by atoms with Gasteiger partial charge in [-0.2, -0.15) is 0 Å². The number of hydrogen-bond acceptors (Lipinski definition) is 4. The number of halogens is 1. The molecule has 2 aromatic rings. The van der Waals surface area contributed by atoms with Crippen molar-refractivity contribution in [3.05, 3.63) is 58.1 Å². The van der Waals surface area contributed by atoms with Gasteiger partial charge in [0.25, 0.3) is 5.91 Å². The molecule has 1 atom stereocenters. The van der Waals surface area contributed by atoms with Crippen LogP contribution >= 0.6 is 11.6 Å². The Labute approximate surface area is 163 Å². The minimum absolute atomic E-state index is 0.156. The van der Waals surface area contributed by atoms with Crippen LogP contribution in [0.2, 0.25) is 5.02 Å². The van der Waals surface area contributed by atoms with Crippen molar-refractivity contribution < 1.29 is 18.0 Å². The van der Waals surface area contributed by atoms with Gasteiger partial charge in [-0.05, 0) is 49.2 Å². The second-order valence-electron chi connectivity index (χ2n) is 6.73. The van der Waals surface area contributed by atoms with E-state index in [4.69, 9.17) is 11.6 Å². The highest BCUT2D eigenvalue weighted by Gasteiger charge is 2.42. The third-order valence-electron chi connectivity index (χ3n) is 4.37. The molecular formula is C19H19ClN2O4S. The van der Waals surface area contributed by atoms with Crippen LogP contribution in [0.15, 0.2) is 36.4 Å². The molecule has 0 bridgehead atoms. The summed E-state index contributed by atoms with van der Waals surface area (Å²) in [5.74, 6) is -1.78. The van der Waals surface area contributed by atoms with E-state index in [0.717, 1.165) is 15.4 Å². The van der Waals surface area contributed by atoms with Crippen LogP contribution in [0.5, 0.6) is 0 Å². The molecule has 1 unspecified atom stereocenters. The monoisotopic (exact) mass is 406 g/mol. The van der Waals surface area contributed by atoms with Crippen molar-refractivity contribution in [3.63, 3.8) is 0 Å². The number of hydrogen-bond donors (Lipinski definition) is 1. The number of rotatable bonds is 3. The highest BCUT2D eigenvalue weighted by molar-refractivity contribution is 7.94. The maximum Gasteiger partial charge on any atom is 0.255 e. The fraction of sp³-hybridized carbons (Fsp3) is 0.263. The Hall–Kier alpha value is -2.38. The summed E-state index contributed by atoms with van der Waals surface area (Å²) < 4.78 is 25.3. The lowest BCUT2D eigenvalue weighted by molar-refractivity contribution is -0.119. The Morgan fingerprint density at radius 1 is 1.22 bits per heavy atom. The molecule has 1 fully saturated rings. The predicted octanol–water partition coefficient (Wildman–Crippen LogP) is 3.52. The number of carbonyl (C=O) groups excluding carboxylic acids is 2. The van der Waals surface area contributed by atoms with Gasteiger partial charge in [-0.1, -0.05) is 30.7 Å². The van der Waals surface area contributed by atoms with Crippen LogP contribution in [0.1, 0.15) is 28.4 Å². The Balaban J connectivity index is 1.93. The molecule has 0 spiro atoms. The number of anilines is 2. The van der Waals surface area contributed by atoms with Gasteiger partial charge in [0.15, 0.2) is 0 Å². The van der Waals surface area contributed by atoms with Gasteiger partial charge >= 0.3 is 0 Å². The van der Waals surface area contributed by atoms with E-state index in [1.807, 2.05) is 19.9 Å². The topological polar surface area (TPSA) is 83.6 Å². The Bertz CT molecular complexity index is 1030. The predicted molar refractivity (Wildman–Crippen MR) is 106 cm³/mol. The number of nitrogens with one attached hydrogen (secondary N) is 1. The van der Waals surface area contributed by atoms with E-state index >= 15 is 0 Å². The van der Waals surface area contributed by atoms with E-state index in [9.17, 15) is 18.0 Å². The van der Waals surface area contributed by atoms with Gasteiger partial charge in [-0.15, -0.1) is 0 Å². The fourth-order valence-electron chi connectivity index (χ4n) is 3.12. The van der Waals surface area contributed by atoms with E-state index < -0.39 is 27.8 Å². The molecule has 1 aliphatic heterocycles. The van der Waals surface area contributed by atoms with Crippen LogP contribution in [0, 0.1) is 19.8 Å². The first-order valence-corrected chi connectivity index (χ1v) is 10.3. The lowest BCUT2D eigenvalue weighted by atomic mass is 10.1. The van der Waals surface area contributed by atoms with Crippen molar-refractivity contribution in [2.75, 3.05) is 15.4 Å². The molecule has 8 heteroatoms. The van der Waals surface area contributed by atoms with E-state index in [-0.39, 0.29) is 17.0 Å². The standard InChI is InChI=1S/C19H19ClN2O4S/c1-11-7-12(2)17(16(20)8-11)21-18(23)14-5-4-6-15(9-14)22-19(24)13(3)10-27(22,25)26/h4-9,13H,10H2,1-3H3,(H,21,23). The SMILES string of the molecule is Cc1cc(C)c(NC(=O)c2cccc(N3C(=O)C(C)CS3(=O)=O)c2)c(Cl)c1. The van der Waals surface area contributed by atoms with Crippen molar-refractivity contribution in [1.82, 2.24) is 0 Å². The summed E-state index contributed by atoms with van der Waals surface area (Å²) in [5.41, 5.74) is 2.67. The normalized spacial score (nSPS) is 18.6. The number of amides is 2. The van der Waals surface area contributed by atoms with E-state index in [1.165, 1.54) is 12.1 Å². The molecule has 0 aliphatic carbocycles. The Morgan fingerprint density at radius 3 is 2.52 bits per heavy atom. The maximum absolute atomic E-state index is 12.7. The summed E-state index contributed by atoms with van der Waals surface area (Å²) >= 11 is 6.23. The zero-order valence-electron chi connectivity index (χ0n) is 15.1. The molecule has 27 heavy (non-hydrogen) atoms. The first-order chi connectivity index (χ1) is 12.6. The molecular weight excluding hydrogens is 388 g/mol. The van der Waals surface area contributed by atoms with Gasteiger partial charge in [-0.3, -0.25) is 9.59 Å². The van der Waals surface area contributed by atoms with Crippen molar-refractivity contribution in [1.29, 1.82) is 0 Å². The first-order valence-electron chi connectivity index (χ1n) is 8.35. The average molecular weight is 407 g/mol. The zero-order valence-corrected chi connectivity index (χ0v) is 16.7. The van der Waals surface area contributed by atoms with Gasteiger partial charge in [0.1, 0.15) is 0 Å². The van der Waals surface area contributed by atoms with Crippen molar-refractivity contribution in [2.45, 2.75) is 20.8 Å². The lowest BCUT2D eigenvalue weighted by Gasteiger charge is -2.16. The van der Waals surface area contributed by atoms with Crippen molar-refractivity contribution >= 4 is 44.8 Å². The number of sulfonamides is 1. The Morgan fingerprint density at radius 2 is 1.93 bits per heavy atom.